The highest BCUT2D eigenvalue weighted by atomic mass is 19.4. The van der Waals surface area contributed by atoms with Crippen LogP contribution in [0.4, 0.5) is 13.2 Å². The topological polar surface area (TPSA) is 64.1 Å². The summed E-state index contributed by atoms with van der Waals surface area (Å²) in [5.41, 5.74) is 0.716. The van der Waals surface area contributed by atoms with Gasteiger partial charge in [-0.25, -0.2) is 4.99 Å². The second kappa shape index (κ2) is 9.85. The van der Waals surface area contributed by atoms with Gasteiger partial charge in [0, 0.05) is 18.7 Å². The lowest BCUT2D eigenvalue weighted by atomic mass is 10.1. The standard InChI is InChI=1S/C16H24F3N3O3/c1-5-20-15(21-9-8-16(17,18)19)22-10-11-6-7-12(23-2)14(25-4)13(11)24-3/h6-7H,5,8-10H2,1-4H3,(H2,20,21,22). The summed E-state index contributed by atoms with van der Waals surface area (Å²) in [6, 6.07) is 3.49. The molecule has 2 N–H and O–H groups in total. The van der Waals surface area contributed by atoms with Crippen LogP contribution in [-0.4, -0.2) is 46.6 Å². The SMILES string of the molecule is CCNC(=NCc1ccc(OC)c(OC)c1OC)NCCC(F)(F)F. The molecule has 0 spiro atoms. The lowest BCUT2D eigenvalue weighted by molar-refractivity contribution is -0.132. The van der Waals surface area contributed by atoms with E-state index in [4.69, 9.17) is 14.2 Å². The van der Waals surface area contributed by atoms with E-state index in [0.29, 0.717) is 35.3 Å². The summed E-state index contributed by atoms with van der Waals surface area (Å²) in [6.45, 7) is 2.31. The maximum Gasteiger partial charge on any atom is 0.390 e. The Morgan fingerprint density at radius 1 is 1.04 bits per heavy atom. The summed E-state index contributed by atoms with van der Waals surface area (Å²) in [7, 11) is 4.51. The number of benzene rings is 1. The van der Waals surface area contributed by atoms with E-state index in [1.165, 1.54) is 21.3 Å². The molecule has 0 radical (unpaired) electrons. The van der Waals surface area contributed by atoms with Gasteiger partial charge in [-0.05, 0) is 19.1 Å². The second-order valence-corrected chi connectivity index (χ2v) is 4.98. The summed E-state index contributed by atoms with van der Waals surface area (Å²) in [4.78, 5) is 4.29. The van der Waals surface area contributed by atoms with Crippen molar-refractivity contribution < 1.29 is 27.4 Å². The molecule has 0 unspecified atom stereocenters. The molecule has 0 aromatic heterocycles. The van der Waals surface area contributed by atoms with Crippen LogP contribution in [0.5, 0.6) is 17.2 Å². The van der Waals surface area contributed by atoms with Gasteiger partial charge in [-0.1, -0.05) is 0 Å². The van der Waals surface area contributed by atoms with Gasteiger partial charge >= 0.3 is 6.18 Å². The molecule has 0 amide bonds. The number of halogens is 3. The Morgan fingerprint density at radius 3 is 2.24 bits per heavy atom. The van der Waals surface area contributed by atoms with Crippen molar-refractivity contribution in [2.24, 2.45) is 4.99 Å². The molecule has 0 fully saturated rings. The predicted molar refractivity (Wildman–Crippen MR) is 89.6 cm³/mol. The van der Waals surface area contributed by atoms with Crippen molar-refractivity contribution in [3.63, 3.8) is 0 Å². The third-order valence-electron chi connectivity index (χ3n) is 3.24. The normalized spacial score (nSPS) is 11.9. The Hall–Kier alpha value is -2.32. The number of ether oxygens (including phenoxy) is 3. The smallest absolute Gasteiger partial charge is 0.390 e. The number of nitrogens with one attached hydrogen (secondary N) is 2. The minimum atomic E-state index is -4.21. The average Bonchev–Trinajstić information content (AvgIpc) is 2.57. The first-order valence-corrected chi connectivity index (χ1v) is 7.73. The van der Waals surface area contributed by atoms with E-state index in [1.54, 1.807) is 12.1 Å². The number of methoxy groups -OCH3 is 3. The highest BCUT2D eigenvalue weighted by molar-refractivity contribution is 5.79. The van der Waals surface area contributed by atoms with Gasteiger partial charge in [-0.3, -0.25) is 0 Å². The summed E-state index contributed by atoms with van der Waals surface area (Å²) in [5, 5.41) is 5.56. The van der Waals surface area contributed by atoms with E-state index >= 15 is 0 Å². The number of hydrogen-bond donors (Lipinski definition) is 2. The van der Waals surface area contributed by atoms with Gasteiger partial charge < -0.3 is 24.8 Å². The first kappa shape index (κ1) is 20.7. The number of hydrogen-bond acceptors (Lipinski definition) is 4. The van der Waals surface area contributed by atoms with E-state index in [9.17, 15) is 13.2 Å². The highest BCUT2D eigenvalue weighted by Gasteiger charge is 2.26. The molecule has 0 heterocycles. The van der Waals surface area contributed by atoms with E-state index in [0.717, 1.165) is 0 Å². The molecular weight excluding hydrogens is 339 g/mol. The predicted octanol–water partition coefficient (Wildman–Crippen LogP) is 2.72. The van der Waals surface area contributed by atoms with Crippen molar-refractivity contribution in [3.8, 4) is 17.2 Å². The Morgan fingerprint density at radius 2 is 1.72 bits per heavy atom. The summed E-state index contributed by atoms with van der Waals surface area (Å²) < 4.78 is 52.6. The summed E-state index contributed by atoms with van der Waals surface area (Å²) in [5.74, 6) is 1.72. The van der Waals surface area contributed by atoms with E-state index < -0.39 is 12.6 Å². The van der Waals surface area contributed by atoms with Crippen molar-refractivity contribution >= 4 is 5.96 Å². The van der Waals surface area contributed by atoms with E-state index in [1.807, 2.05) is 6.92 Å². The fourth-order valence-corrected chi connectivity index (χ4v) is 2.12. The zero-order chi connectivity index (χ0) is 18.9. The number of alkyl halides is 3. The first-order valence-electron chi connectivity index (χ1n) is 7.73. The molecule has 1 aromatic rings. The Labute approximate surface area is 145 Å². The van der Waals surface area contributed by atoms with Crippen molar-refractivity contribution in [2.75, 3.05) is 34.4 Å². The van der Waals surface area contributed by atoms with Crippen molar-refractivity contribution in [3.05, 3.63) is 17.7 Å². The number of guanidine groups is 1. The van der Waals surface area contributed by atoms with Crippen LogP contribution in [0.2, 0.25) is 0 Å². The second-order valence-electron chi connectivity index (χ2n) is 4.98. The quantitative estimate of drug-likeness (QED) is 0.549. The molecule has 142 valence electrons. The summed E-state index contributed by atoms with van der Waals surface area (Å²) in [6.07, 6.45) is -5.14. The molecule has 0 aliphatic rings. The van der Waals surface area contributed by atoms with Crippen LogP contribution in [0.15, 0.2) is 17.1 Å². The van der Waals surface area contributed by atoms with Crippen LogP contribution < -0.4 is 24.8 Å². The molecule has 6 nitrogen and oxygen atoms in total. The maximum atomic E-state index is 12.3. The lowest BCUT2D eigenvalue weighted by Crippen LogP contribution is -2.38. The Balaban J connectivity index is 2.91. The van der Waals surface area contributed by atoms with Gasteiger partial charge in [0.15, 0.2) is 17.5 Å². The lowest BCUT2D eigenvalue weighted by Gasteiger charge is -2.16. The molecule has 25 heavy (non-hydrogen) atoms. The van der Waals surface area contributed by atoms with Gasteiger partial charge in [0.2, 0.25) is 5.75 Å². The zero-order valence-electron chi connectivity index (χ0n) is 14.8. The van der Waals surface area contributed by atoms with Crippen LogP contribution in [0.3, 0.4) is 0 Å². The van der Waals surface area contributed by atoms with E-state index in [2.05, 4.69) is 15.6 Å². The van der Waals surface area contributed by atoms with Crippen LogP contribution in [0.25, 0.3) is 0 Å². The minimum Gasteiger partial charge on any atom is -0.493 e. The van der Waals surface area contributed by atoms with Crippen molar-refractivity contribution in [1.29, 1.82) is 0 Å². The summed E-state index contributed by atoms with van der Waals surface area (Å²) >= 11 is 0. The van der Waals surface area contributed by atoms with Gasteiger partial charge in [-0.2, -0.15) is 13.2 Å². The largest absolute Gasteiger partial charge is 0.493 e. The molecule has 0 aliphatic heterocycles. The van der Waals surface area contributed by atoms with Crippen molar-refractivity contribution in [1.82, 2.24) is 10.6 Å². The molecule has 1 aromatic carbocycles. The third kappa shape index (κ3) is 6.60. The highest BCUT2D eigenvalue weighted by Crippen LogP contribution is 2.39. The number of aliphatic imine (C=N–C) groups is 1. The maximum absolute atomic E-state index is 12.3. The van der Waals surface area contributed by atoms with Crippen LogP contribution in [0, 0.1) is 0 Å². The number of nitrogens with zero attached hydrogens (tertiary/aromatic N) is 1. The third-order valence-corrected chi connectivity index (χ3v) is 3.24. The van der Waals surface area contributed by atoms with Crippen LogP contribution >= 0.6 is 0 Å². The fraction of sp³-hybridized carbons (Fsp3) is 0.562. The molecular formula is C16H24F3N3O3. The van der Waals surface area contributed by atoms with Gasteiger partial charge in [0.25, 0.3) is 0 Å². The Bertz CT molecular complexity index is 578. The molecule has 1 rings (SSSR count). The molecule has 0 aliphatic carbocycles. The minimum absolute atomic E-state index is 0.199. The Kier molecular flexibility index (Phi) is 8.17. The molecule has 0 saturated heterocycles. The van der Waals surface area contributed by atoms with Gasteiger partial charge in [-0.15, -0.1) is 0 Å². The van der Waals surface area contributed by atoms with Crippen LogP contribution in [-0.2, 0) is 6.54 Å². The zero-order valence-corrected chi connectivity index (χ0v) is 14.8. The average molecular weight is 363 g/mol. The molecule has 0 atom stereocenters. The fourth-order valence-electron chi connectivity index (χ4n) is 2.12. The number of rotatable bonds is 8. The van der Waals surface area contributed by atoms with Crippen LogP contribution in [0.1, 0.15) is 18.9 Å². The molecule has 9 heteroatoms. The van der Waals surface area contributed by atoms with Crippen molar-refractivity contribution in [2.45, 2.75) is 26.1 Å². The van der Waals surface area contributed by atoms with Gasteiger partial charge in [0.05, 0.1) is 34.3 Å². The molecule has 0 saturated carbocycles. The monoisotopic (exact) mass is 363 g/mol. The van der Waals surface area contributed by atoms with E-state index in [-0.39, 0.29) is 13.1 Å². The first-order chi connectivity index (χ1) is 11.9. The molecule has 0 bridgehead atoms. The van der Waals surface area contributed by atoms with Gasteiger partial charge in [0.1, 0.15) is 0 Å².